The van der Waals surface area contributed by atoms with Crippen LogP contribution in [0.2, 0.25) is 0 Å². The Morgan fingerprint density at radius 3 is 2.45 bits per heavy atom. The van der Waals surface area contributed by atoms with Gasteiger partial charge in [-0.2, -0.15) is 10.5 Å². The molecule has 0 radical (unpaired) electrons. The number of rotatable bonds is 1. The topological polar surface area (TPSA) is 120 Å². The zero-order valence-electron chi connectivity index (χ0n) is 11.6. The fourth-order valence-electron chi connectivity index (χ4n) is 3.50. The highest BCUT2D eigenvalue weighted by molar-refractivity contribution is 5.86. The van der Waals surface area contributed by atoms with Crippen molar-refractivity contribution in [1.82, 2.24) is 5.01 Å². The van der Waals surface area contributed by atoms with E-state index in [1.807, 2.05) is 0 Å². The van der Waals surface area contributed by atoms with Gasteiger partial charge in [-0.3, -0.25) is 4.79 Å². The first-order valence-corrected chi connectivity index (χ1v) is 6.90. The SMILES string of the molecule is CCC1CCC2(CC1)C(C#N)=C(N)N(N)C(=O)C2C#N. The number of nitriles is 2. The van der Waals surface area contributed by atoms with E-state index in [-0.39, 0.29) is 5.82 Å². The van der Waals surface area contributed by atoms with Gasteiger partial charge in [0.25, 0.3) is 5.91 Å². The molecule has 1 unspecified atom stereocenters. The molecular weight excluding hydrogens is 254 g/mol. The maximum Gasteiger partial charge on any atom is 0.260 e. The molecule has 6 heteroatoms. The van der Waals surface area contributed by atoms with Crippen LogP contribution < -0.4 is 11.6 Å². The molecule has 0 bridgehead atoms. The Kier molecular flexibility index (Phi) is 3.69. The summed E-state index contributed by atoms with van der Waals surface area (Å²) in [5.41, 5.74) is 5.40. The van der Waals surface area contributed by atoms with Gasteiger partial charge in [0.2, 0.25) is 0 Å². The summed E-state index contributed by atoms with van der Waals surface area (Å²) >= 11 is 0. The number of hydrogen-bond acceptors (Lipinski definition) is 5. The van der Waals surface area contributed by atoms with Gasteiger partial charge in [-0.25, -0.2) is 10.9 Å². The minimum absolute atomic E-state index is 0.000974. The lowest BCUT2D eigenvalue weighted by Crippen LogP contribution is -2.55. The predicted octanol–water partition coefficient (Wildman–Crippen LogP) is 1.12. The molecule has 0 aromatic carbocycles. The van der Waals surface area contributed by atoms with Crippen LogP contribution >= 0.6 is 0 Å². The molecule has 2 rings (SSSR count). The van der Waals surface area contributed by atoms with E-state index in [1.165, 1.54) is 0 Å². The van der Waals surface area contributed by atoms with Crippen LogP contribution in [0.25, 0.3) is 0 Å². The molecule has 1 aliphatic heterocycles. The Hall–Kier alpha value is -2.05. The second-order valence-corrected chi connectivity index (χ2v) is 5.65. The normalized spacial score (nSPS) is 34.0. The molecule has 1 amide bonds. The standard InChI is InChI=1S/C14H19N5O/c1-2-9-3-5-14(6-4-9)10(7-15)12(17)19(18)13(20)11(14)8-16/h9,11H,2-6,17-18H2,1H3. The molecular formula is C14H19N5O. The van der Waals surface area contributed by atoms with Crippen molar-refractivity contribution in [2.75, 3.05) is 0 Å². The van der Waals surface area contributed by atoms with E-state index in [0.29, 0.717) is 24.3 Å². The lowest BCUT2D eigenvalue weighted by molar-refractivity contribution is -0.138. The summed E-state index contributed by atoms with van der Waals surface area (Å²) in [6.45, 7) is 2.13. The van der Waals surface area contributed by atoms with Gasteiger partial charge in [0.1, 0.15) is 11.7 Å². The predicted molar refractivity (Wildman–Crippen MR) is 71.6 cm³/mol. The molecule has 1 aliphatic carbocycles. The van der Waals surface area contributed by atoms with E-state index in [1.54, 1.807) is 0 Å². The molecule has 1 spiro atoms. The first kappa shape index (κ1) is 14.4. The number of allylic oxidation sites excluding steroid dienone is 1. The molecule has 6 nitrogen and oxygen atoms in total. The van der Waals surface area contributed by atoms with Crippen LogP contribution in [0.5, 0.6) is 0 Å². The Bertz CT molecular complexity index is 531. The fourth-order valence-corrected chi connectivity index (χ4v) is 3.50. The maximum atomic E-state index is 12.2. The summed E-state index contributed by atoms with van der Waals surface area (Å²) in [5, 5.41) is 19.6. The van der Waals surface area contributed by atoms with Crippen LogP contribution in [-0.2, 0) is 4.79 Å². The number of carbonyl (C=O) groups excluding carboxylic acids is 1. The van der Waals surface area contributed by atoms with E-state index < -0.39 is 17.2 Å². The second kappa shape index (κ2) is 5.15. The summed E-state index contributed by atoms with van der Waals surface area (Å²) in [6.07, 6.45) is 4.18. The van der Waals surface area contributed by atoms with Crippen molar-refractivity contribution in [2.24, 2.45) is 28.8 Å². The molecule has 1 atom stereocenters. The number of nitrogens with zero attached hydrogens (tertiary/aromatic N) is 3. The lowest BCUT2D eigenvalue weighted by atomic mass is 9.58. The summed E-state index contributed by atoms with van der Waals surface area (Å²) in [4.78, 5) is 12.2. The summed E-state index contributed by atoms with van der Waals surface area (Å²) < 4.78 is 0. The fraction of sp³-hybridized carbons (Fsp3) is 0.643. The third-order valence-electron chi connectivity index (χ3n) is 4.87. The van der Waals surface area contributed by atoms with Crippen molar-refractivity contribution in [1.29, 1.82) is 10.5 Å². The maximum absolute atomic E-state index is 12.2. The van der Waals surface area contributed by atoms with E-state index in [2.05, 4.69) is 19.1 Å². The van der Waals surface area contributed by atoms with Crippen molar-refractivity contribution >= 4 is 5.91 Å². The quantitative estimate of drug-likeness (QED) is 0.548. The van der Waals surface area contributed by atoms with Crippen LogP contribution in [0.3, 0.4) is 0 Å². The van der Waals surface area contributed by atoms with Gasteiger partial charge in [0, 0.05) is 5.41 Å². The highest BCUT2D eigenvalue weighted by Gasteiger charge is 2.54. The van der Waals surface area contributed by atoms with E-state index in [9.17, 15) is 15.3 Å². The minimum Gasteiger partial charge on any atom is -0.383 e. The highest BCUT2D eigenvalue weighted by Crippen LogP contribution is 2.52. The first-order chi connectivity index (χ1) is 9.51. The monoisotopic (exact) mass is 273 g/mol. The van der Waals surface area contributed by atoms with Gasteiger partial charge in [-0.1, -0.05) is 13.3 Å². The van der Waals surface area contributed by atoms with Crippen molar-refractivity contribution in [2.45, 2.75) is 39.0 Å². The molecule has 1 heterocycles. The third kappa shape index (κ3) is 1.85. The van der Waals surface area contributed by atoms with Gasteiger partial charge >= 0.3 is 0 Å². The van der Waals surface area contributed by atoms with Gasteiger partial charge in [-0.05, 0) is 31.6 Å². The molecule has 1 fully saturated rings. The second-order valence-electron chi connectivity index (χ2n) is 5.65. The Morgan fingerprint density at radius 1 is 1.40 bits per heavy atom. The molecule has 20 heavy (non-hydrogen) atoms. The summed E-state index contributed by atoms with van der Waals surface area (Å²) in [5.74, 6) is 4.77. The van der Waals surface area contributed by atoms with Crippen LogP contribution in [0, 0.1) is 39.9 Å². The molecule has 2 aliphatic rings. The average Bonchev–Trinajstić information content (AvgIpc) is 2.47. The van der Waals surface area contributed by atoms with Gasteiger partial charge < -0.3 is 5.73 Å². The molecule has 1 saturated carbocycles. The lowest BCUT2D eigenvalue weighted by Gasteiger charge is -2.46. The van der Waals surface area contributed by atoms with E-state index in [0.717, 1.165) is 24.3 Å². The molecule has 0 aromatic heterocycles. The third-order valence-corrected chi connectivity index (χ3v) is 4.87. The molecule has 0 saturated heterocycles. The summed E-state index contributed by atoms with van der Waals surface area (Å²) in [6, 6.07) is 4.14. The van der Waals surface area contributed by atoms with Crippen molar-refractivity contribution in [3.05, 3.63) is 11.4 Å². The smallest absolute Gasteiger partial charge is 0.260 e. The Labute approximate surface area is 118 Å². The number of carbonyl (C=O) groups is 1. The van der Waals surface area contributed by atoms with E-state index >= 15 is 0 Å². The van der Waals surface area contributed by atoms with Crippen LogP contribution in [0.1, 0.15) is 39.0 Å². The number of nitrogens with two attached hydrogens (primary N) is 2. The number of amides is 1. The summed E-state index contributed by atoms with van der Waals surface area (Å²) in [7, 11) is 0. The van der Waals surface area contributed by atoms with E-state index in [4.69, 9.17) is 11.6 Å². The number of hydrogen-bond donors (Lipinski definition) is 2. The molecule has 106 valence electrons. The van der Waals surface area contributed by atoms with Crippen molar-refractivity contribution in [3.63, 3.8) is 0 Å². The number of hydrazine groups is 1. The van der Waals surface area contributed by atoms with Crippen molar-refractivity contribution < 1.29 is 4.79 Å². The van der Waals surface area contributed by atoms with Gasteiger partial charge in [0.05, 0.1) is 17.7 Å². The zero-order valence-corrected chi connectivity index (χ0v) is 11.6. The van der Waals surface area contributed by atoms with Crippen LogP contribution in [0.15, 0.2) is 11.4 Å². The van der Waals surface area contributed by atoms with Gasteiger partial charge in [0.15, 0.2) is 0 Å². The van der Waals surface area contributed by atoms with Crippen LogP contribution in [0.4, 0.5) is 0 Å². The largest absolute Gasteiger partial charge is 0.383 e. The minimum atomic E-state index is -0.910. The van der Waals surface area contributed by atoms with Crippen LogP contribution in [-0.4, -0.2) is 10.9 Å². The molecule has 0 aromatic rings. The Balaban J connectivity index is 2.50. The van der Waals surface area contributed by atoms with Gasteiger partial charge in [-0.15, -0.1) is 0 Å². The zero-order chi connectivity index (χ0) is 14.9. The van der Waals surface area contributed by atoms with Crippen molar-refractivity contribution in [3.8, 4) is 12.1 Å². The first-order valence-electron chi connectivity index (χ1n) is 6.90. The average molecular weight is 273 g/mol. The molecule has 4 N–H and O–H groups in total. The Morgan fingerprint density at radius 2 is 2.00 bits per heavy atom. The highest BCUT2D eigenvalue weighted by atomic mass is 16.2.